The van der Waals surface area contributed by atoms with Crippen molar-refractivity contribution >= 4 is 11.9 Å². The smallest absolute Gasteiger partial charge is 0.343 e. The highest BCUT2D eigenvalue weighted by Gasteiger charge is 2.15. The average Bonchev–Trinajstić information content (AvgIpc) is 2.74. The van der Waals surface area contributed by atoms with E-state index < -0.39 is 35.1 Å². The first-order valence-corrected chi connectivity index (χ1v) is 10.3. The Labute approximate surface area is 179 Å². The van der Waals surface area contributed by atoms with E-state index in [4.69, 9.17) is 9.47 Å². The molecule has 0 atom stereocenters. The number of carbonyl (C=O) groups excluding carboxylic acids is 2. The highest BCUT2D eigenvalue weighted by molar-refractivity contribution is 5.91. The Bertz CT molecular complexity index is 885. The number of benzene rings is 2. The summed E-state index contributed by atoms with van der Waals surface area (Å²) in [6.07, 6.45) is 11.0. The third-order valence-electron chi connectivity index (χ3n) is 4.45. The number of carbonyl (C=O) groups is 2. The second-order valence-corrected chi connectivity index (χ2v) is 6.99. The molecule has 0 amide bonds. The second-order valence-electron chi connectivity index (χ2n) is 6.99. The van der Waals surface area contributed by atoms with Gasteiger partial charge in [-0.2, -0.15) is 0 Å². The maximum absolute atomic E-state index is 13.2. The molecule has 0 aliphatic carbocycles. The maximum atomic E-state index is 13.2. The molecule has 0 aliphatic heterocycles. The van der Waals surface area contributed by atoms with E-state index in [0.29, 0.717) is 12.1 Å². The number of rotatable bonds is 11. The summed E-state index contributed by atoms with van der Waals surface area (Å²) in [4.78, 5) is 23.9. The zero-order valence-electron chi connectivity index (χ0n) is 17.3. The van der Waals surface area contributed by atoms with Gasteiger partial charge in [0.25, 0.3) is 0 Å². The fourth-order valence-electron chi connectivity index (χ4n) is 2.79. The van der Waals surface area contributed by atoms with Crippen LogP contribution in [0.4, 0.5) is 13.2 Å². The molecule has 0 fully saturated rings. The molecule has 4 nitrogen and oxygen atoms in total. The van der Waals surface area contributed by atoms with Crippen LogP contribution < -0.4 is 9.47 Å². The monoisotopic (exact) mass is 434 g/mol. The van der Waals surface area contributed by atoms with E-state index in [9.17, 15) is 22.8 Å². The largest absolute Gasteiger partial charge is 0.423 e. The summed E-state index contributed by atoms with van der Waals surface area (Å²) in [6.45, 7) is 2.17. The van der Waals surface area contributed by atoms with Gasteiger partial charge in [-0.3, -0.25) is 0 Å². The van der Waals surface area contributed by atoms with Gasteiger partial charge in [-0.1, -0.05) is 45.1 Å². The van der Waals surface area contributed by atoms with Gasteiger partial charge in [0.1, 0.15) is 11.5 Å². The normalized spacial score (nSPS) is 11.0. The van der Waals surface area contributed by atoms with Crippen molar-refractivity contribution < 1.29 is 32.2 Å². The van der Waals surface area contributed by atoms with Crippen LogP contribution >= 0.6 is 0 Å². The van der Waals surface area contributed by atoms with Crippen LogP contribution in [0, 0.1) is 17.5 Å². The van der Waals surface area contributed by atoms with Crippen molar-refractivity contribution in [2.45, 2.75) is 51.9 Å². The van der Waals surface area contributed by atoms with Crippen LogP contribution in [0.3, 0.4) is 0 Å². The molecule has 0 aromatic heterocycles. The summed E-state index contributed by atoms with van der Waals surface area (Å²) in [5.41, 5.74) is 0.0588. The molecule has 0 spiro atoms. The Kier molecular flexibility index (Phi) is 9.81. The van der Waals surface area contributed by atoms with E-state index in [1.54, 1.807) is 6.08 Å². The topological polar surface area (TPSA) is 52.6 Å². The quantitative estimate of drug-likeness (QED) is 0.133. The van der Waals surface area contributed by atoms with Crippen LogP contribution in [-0.4, -0.2) is 11.9 Å². The van der Waals surface area contributed by atoms with Gasteiger partial charge in [-0.05, 0) is 37.1 Å². The summed E-state index contributed by atoms with van der Waals surface area (Å²) >= 11 is 0. The Morgan fingerprint density at radius 3 is 2.10 bits per heavy atom. The van der Waals surface area contributed by atoms with Gasteiger partial charge in [0.2, 0.25) is 0 Å². The highest BCUT2D eigenvalue weighted by Crippen LogP contribution is 2.21. The average molecular weight is 434 g/mol. The van der Waals surface area contributed by atoms with Crippen molar-refractivity contribution in [1.29, 1.82) is 0 Å². The predicted molar refractivity (Wildman–Crippen MR) is 110 cm³/mol. The van der Waals surface area contributed by atoms with Crippen molar-refractivity contribution in [3.8, 4) is 11.5 Å². The first kappa shape index (κ1) is 24.2. The molecular weight excluding hydrogens is 409 g/mol. The van der Waals surface area contributed by atoms with Crippen LogP contribution in [0.25, 0.3) is 0 Å². The molecule has 0 heterocycles. The van der Waals surface area contributed by atoms with Crippen molar-refractivity contribution in [2.75, 3.05) is 0 Å². The number of allylic oxidation sites excluding steroid dienone is 1. The zero-order valence-corrected chi connectivity index (χ0v) is 17.3. The molecule has 0 bridgehead atoms. The standard InChI is InChI=1S/C24H25F3O4/c1-2-3-4-5-6-7-8-9-10-22(28)30-18-13-11-17(12-14-18)24(29)31-19-15-20(25)23(27)21(26)16-19/h9-16H,2-8H2,1H3. The van der Waals surface area contributed by atoms with Gasteiger partial charge in [-0.15, -0.1) is 0 Å². The summed E-state index contributed by atoms with van der Waals surface area (Å²) in [5.74, 6) is -6.24. The van der Waals surface area contributed by atoms with E-state index in [1.807, 2.05) is 0 Å². The Balaban J connectivity index is 1.80. The van der Waals surface area contributed by atoms with Gasteiger partial charge in [-0.25, -0.2) is 22.8 Å². The van der Waals surface area contributed by atoms with E-state index in [0.717, 1.165) is 19.3 Å². The summed E-state index contributed by atoms with van der Waals surface area (Å²) in [6, 6.07) is 6.60. The van der Waals surface area contributed by atoms with Gasteiger partial charge in [0, 0.05) is 18.2 Å². The zero-order chi connectivity index (χ0) is 22.6. The number of unbranched alkanes of at least 4 members (excludes halogenated alkanes) is 6. The molecule has 2 aromatic rings. The molecule has 0 saturated heterocycles. The lowest BCUT2D eigenvalue weighted by molar-refractivity contribution is -0.129. The Morgan fingerprint density at radius 1 is 0.839 bits per heavy atom. The minimum absolute atomic E-state index is 0.0588. The third kappa shape index (κ3) is 8.28. The predicted octanol–water partition coefficient (Wildman–Crippen LogP) is 6.54. The fourth-order valence-corrected chi connectivity index (χ4v) is 2.79. The number of hydrogen-bond acceptors (Lipinski definition) is 4. The first-order valence-electron chi connectivity index (χ1n) is 10.3. The maximum Gasteiger partial charge on any atom is 0.343 e. The van der Waals surface area contributed by atoms with E-state index in [1.165, 1.54) is 56.0 Å². The molecule has 2 aromatic carbocycles. The number of hydrogen-bond donors (Lipinski definition) is 0. The molecule has 166 valence electrons. The molecule has 0 unspecified atom stereocenters. The highest BCUT2D eigenvalue weighted by atomic mass is 19.2. The molecule has 0 N–H and O–H groups in total. The molecular formula is C24H25F3O4. The first-order chi connectivity index (χ1) is 14.9. The van der Waals surface area contributed by atoms with Crippen LogP contribution in [0.2, 0.25) is 0 Å². The lowest BCUT2D eigenvalue weighted by atomic mass is 10.1. The Morgan fingerprint density at radius 2 is 1.45 bits per heavy atom. The van der Waals surface area contributed by atoms with Gasteiger partial charge >= 0.3 is 11.9 Å². The van der Waals surface area contributed by atoms with Crippen molar-refractivity contribution in [3.05, 3.63) is 71.6 Å². The SMILES string of the molecule is CCCCCCCCC=CC(=O)Oc1ccc(C(=O)Oc2cc(F)c(F)c(F)c2)cc1. The minimum Gasteiger partial charge on any atom is -0.423 e. The van der Waals surface area contributed by atoms with Crippen LogP contribution in [0.5, 0.6) is 11.5 Å². The lowest BCUT2D eigenvalue weighted by Gasteiger charge is -2.06. The van der Waals surface area contributed by atoms with Gasteiger partial charge in [0.05, 0.1) is 5.56 Å². The van der Waals surface area contributed by atoms with Crippen LogP contribution in [0.1, 0.15) is 62.2 Å². The number of esters is 2. The second kappa shape index (κ2) is 12.6. The minimum atomic E-state index is -1.65. The molecule has 0 radical (unpaired) electrons. The van der Waals surface area contributed by atoms with Gasteiger partial charge in [0.15, 0.2) is 17.5 Å². The Hall–Kier alpha value is -3.09. The van der Waals surface area contributed by atoms with Crippen molar-refractivity contribution in [3.63, 3.8) is 0 Å². The van der Waals surface area contributed by atoms with E-state index in [-0.39, 0.29) is 11.3 Å². The van der Waals surface area contributed by atoms with Gasteiger partial charge < -0.3 is 9.47 Å². The molecule has 7 heteroatoms. The lowest BCUT2D eigenvalue weighted by Crippen LogP contribution is -2.10. The van der Waals surface area contributed by atoms with Crippen molar-refractivity contribution in [1.82, 2.24) is 0 Å². The number of halogens is 3. The fraction of sp³-hybridized carbons (Fsp3) is 0.333. The van der Waals surface area contributed by atoms with Crippen LogP contribution in [0.15, 0.2) is 48.6 Å². The van der Waals surface area contributed by atoms with E-state index in [2.05, 4.69) is 6.92 Å². The summed E-state index contributed by atoms with van der Waals surface area (Å²) < 4.78 is 49.4. The van der Waals surface area contributed by atoms with Crippen LogP contribution in [-0.2, 0) is 4.79 Å². The number of ether oxygens (including phenoxy) is 2. The summed E-state index contributed by atoms with van der Waals surface area (Å²) in [7, 11) is 0. The molecule has 2 rings (SSSR count). The van der Waals surface area contributed by atoms with E-state index >= 15 is 0 Å². The molecule has 0 aliphatic rings. The molecule has 0 saturated carbocycles. The third-order valence-corrected chi connectivity index (χ3v) is 4.45. The molecule has 31 heavy (non-hydrogen) atoms. The van der Waals surface area contributed by atoms with Crippen molar-refractivity contribution in [2.24, 2.45) is 0 Å². The summed E-state index contributed by atoms with van der Waals surface area (Å²) in [5, 5.41) is 0.